The van der Waals surface area contributed by atoms with E-state index in [1.165, 1.54) is 6.07 Å². The number of carbonyl (C=O) groups excluding carboxylic acids is 1. The Morgan fingerprint density at radius 3 is 2.11 bits per heavy atom. The highest BCUT2D eigenvalue weighted by atomic mass is 32.2. The van der Waals surface area contributed by atoms with E-state index in [1.54, 1.807) is 22.7 Å². The largest absolute Gasteiger partial charge is 0.416 e. The SMILES string of the molecule is O=C(NCc1cccc(C(F)(F)F)c1)N1c2ccccc2Sc2ccccc21. The highest BCUT2D eigenvalue weighted by Crippen LogP contribution is 2.47. The molecule has 7 heteroatoms. The lowest BCUT2D eigenvalue weighted by atomic mass is 10.1. The predicted octanol–water partition coefficient (Wildman–Crippen LogP) is 6.22. The molecule has 1 N–H and O–H groups in total. The van der Waals surface area contributed by atoms with E-state index in [4.69, 9.17) is 0 Å². The fraction of sp³-hybridized carbons (Fsp3) is 0.0952. The van der Waals surface area contributed by atoms with Crippen LogP contribution in [-0.4, -0.2) is 6.03 Å². The number of urea groups is 1. The molecule has 0 aromatic heterocycles. The number of hydrogen-bond acceptors (Lipinski definition) is 2. The molecule has 0 saturated carbocycles. The molecule has 1 aliphatic rings. The summed E-state index contributed by atoms with van der Waals surface area (Å²) in [5.41, 5.74) is 1.14. The van der Waals surface area contributed by atoms with Crippen LogP contribution in [0.3, 0.4) is 0 Å². The monoisotopic (exact) mass is 400 g/mol. The van der Waals surface area contributed by atoms with Crippen molar-refractivity contribution >= 4 is 29.2 Å². The zero-order valence-corrected chi connectivity index (χ0v) is 15.3. The van der Waals surface area contributed by atoms with Crippen molar-refractivity contribution in [3.63, 3.8) is 0 Å². The van der Waals surface area contributed by atoms with E-state index in [2.05, 4.69) is 5.32 Å². The van der Waals surface area contributed by atoms with Crippen LogP contribution in [-0.2, 0) is 12.7 Å². The Balaban J connectivity index is 1.59. The van der Waals surface area contributed by atoms with Gasteiger partial charge in [-0.2, -0.15) is 13.2 Å². The van der Waals surface area contributed by atoms with Gasteiger partial charge >= 0.3 is 12.2 Å². The van der Waals surface area contributed by atoms with Crippen molar-refractivity contribution in [2.45, 2.75) is 22.5 Å². The smallest absolute Gasteiger partial charge is 0.333 e. The van der Waals surface area contributed by atoms with Gasteiger partial charge in [0.1, 0.15) is 0 Å². The lowest BCUT2D eigenvalue weighted by Gasteiger charge is -2.31. The topological polar surface area (TPSA) is 32.3 Å². The van der Waals surface area contributed by atoms with E-state index in [0.29, 0.717) is 5.56 Å². The number of amides is 2. The first-order chi connectivity index (χ1) is 13.4. The Labute approximate surface area is 164 Å². The van der Waals surface area contributed by atoms with Gasteiger partial charge in [-0.3, -0.25) is 4.90 Å². The van der Waals surface area contributed by atoms with Gasteiger partial charge in [0.2, 0.25) is 0 Å². The highest BCUT2D eigenvalue weighted by molar-refractivity contribution is 7.99. The van der Waals surface area contributed by atoms with E-state index in [-0.39, 0.29) is 6.54 Å². The third-order valence-electron chi connectivity index (χ3n) is 4.33. The van der Waals surface area contributed by atoms with Gasteiger partial charge in [-0.15, -0.1) is 0 Å². The molecule has 2 amide bonds. The zero-order valence-electron chi connectivity index (χ0n) is 14.5. The highest BCUT2D eigenvalue weighted by Gasteiger charge is 2.31. The minimum Gasteiger partial charge on any atom is -0.333 e. The molecule has 3 aromatic rings. The van der Waals surface area contributed by atoms with Crippen LogP contribution in [0.25, 0.3) is 0 Å². The molecule has 142 valence electrons. The Morgan fingerprint density at radius 1 is 0.893 bits per heavy atom. The summed E-state index contributed by atoms with van der Waals surface area (Å²) in [6.07, 6.45) is -4.41. The van der Waals surface area contributed by atoms with E-state index in [1.807, 2.05) is 48.5 Å². The number of carbonyl (C=O) groups is 1. The molecule has 0 aliphatic carbocycles. The van der Waals surface area contributed by atoms with Crippen LogP contribution in [0.4, 0.5) is 29.3 Å². The first-order valence-electron chi connectivity index (χ1n) is 8.53. The van der Waals surface area contributed by atoms with Crippen molar-refractivity contribution in [3.05, 3.63) is 83.9 Å². The summed E-state index contributed by atoms with van der Waals surface area (Å²) in [5, 5.41) is 2.74. The molecular formula is C21H15F3N2OS. The summed E-state index contributed by atoms with van der Waals surface area (Å²) in [5.74, 6) is 0. The Bertz CT molecular complexity index is 990. The number of nitrogens with one attached hydrogen (secondary N) is 1. The van der Waals surface area contributed by atoms with Gasteiger partial charge < -0.3 is 5.32 Å². The summed E-state index contributed by atoms with van der Waals surface area (Å²) in [6.45, 7) is -0.00324. The van der Waals surface area contributed by atoms with Crippen LogP contribution >= 0.6 is 11.8 Å². The molecule has 1 heterocycles. The first kappa shape index (κ1) is 18.4. The Morgan fingerprint density at radius 2 is 1.50 bits per heavy atom. The number of rotatable bonds is 2. The molecule has 3 nitrogen and oxygen atoms in total. The average Bonchev–Trinajstić information content (AvgIpc) is 2.69. The number of alkyl halides is 3. The van der Waals surface area contributed by atoms with E-state index in [0.717, 1.165) is 33.3 Å². The standard InChI is InChI=1S/C21H15F3N2OS/c22-21(23,24)15-7-5-6-14(12-15)13-25-20(27)26-16-8-1-3-10-18(16)28-19-11-4-2-9-17(19)26/h1-12H,13H2,(H,25,27). The molecule has 0 bridgehead atoms. The van der Waals surface area contributed by atoms with Crippen LogP contribution in [0.15, 0.2) is 82.6 Å². The van der Waals surface area contributed by atoms with Crippen LogP contribution in [0.5, 0.6) is 0 Å². The first-order valence-corrected chi connectivity index (χ1v) is 9.35. The maximum atomic E-state index is 13.0. The van der Waals surface area contributed by atoms with Crippen molar-refractivity contribution in [3.8, 4) is 0 Å². The molecule has 0 atom stereocenters. The van der Waals surface area contributed by atoms with Crippen molar-refractivity contribution < 1.29 is 18.0 Å². The van der Waals surface area contributed by atoms with Gasteiger partial charge in [0.25, 0.3) is 0 Å². The molecule has 1 aliphatic heterocycles. The summed E-state index contributed by atoms with van der Waals surface area (Å²) in [6, 6.07) is 19.6. The van der Waals surface area contributed by atoms with Crippen LogP contribution in [0.2, 0.25) is 0 Å². The molecule has 0 saturated heterocycles. The molecule has 0 unspecified atom stereocenters. The number of para-hydroxylation sites is 2. The van der Waals surface area contributed by atoms with E-state index in [9.17, 15) is 18.0 Å². The van der Waals surface area contributed by atoms with Gasteiger partial charge in [0.15, 0.2) is 0 Å². The molecule has 0 spiro atoms. The number of hydrogen-bond donors (Lipinski definition) is 1. The predicted molar refractivity (Wildman–Crippen MR) is 103 cm³/mol. The maximum Gasteiger partial charge on any atom is 0.416 e. The third kappa shape index (κ3) is 3.57. The summed E-state index contributed by atoms with van der Waals surface area (Å²) in [4.78, 5) is 16.4. The maximum absolute atomic E-state index is 13.0. The quantitative estimate of drug-likeness (QED) is 0.554. The van der Waals surface area contributed by atoms with E-state index < -0.39 is 17.8 Å². The van der Waals surface area contributed by atoms with Gasteiger partial charge in [-0.25, -0.2) is 4.79 Å². The zero-order chi connectivity index (χ0) is 19.7. The van der Waals surface area contributed by atoms with E-state index >= 15 is 0 Å². The third-order valence-corrected chi connectivity index (χ3v) is 5.46. The second-order valence-electron chi connectivity index (χ2n) is 6.23. The Hall–Kier alpha value is -2.93. The fourth-order valence-electron chi connectivity index (χ4n) is 3.04. The van der Waals surface area contributed by atoms with Crippen LogP contribution < -0.4 is 10.2 Å². The van der Waals surface area contributed by atoms with Gasteiger partial charge in [0.05, 0.1) is 16.9 Å². The van der Waals surface area contributed by atoms with Crippen molar-refractivity contribution in [2.24, 2.45) is 0 Å². The van der Waals surface area contributed by atoms with Gasteiger partial charge in [-0.05, 0) is 42.0 Å². The molecule has 0 radical (unpaired) electrons. The number of benzene rings is 3. The van der Waals surface area contributed by atoms with Crippen LogP contribution in [0, 0.1) is 0 Å². The lowest BCUT2D eigenvalue weighted by molar-refractivity contribution is -0.137. The summed E-state index contributed by atoms with van der Waals surface area (Å²) >= 11 is 1.58. The minimum atomic E-state index is -4.41. The van der Waals surface area contributed by atoms with Crippen LogP contribution in [0.1, 0.15) is 11.1 Å². The van der Waals surface area contributed by atoms with Gasteiger partial charge in [0, 0.05) is 16.3 Å². The number of nitrogens with zero attached hydrogens (tertiary/aromatic N) is 1. The van der Waals surface area contributed by atoms with Crippen molar-refractivity contribution in [1.82, 2.24) is 5.32 Å². The second-order valence-corrected chi connectivity index (χ2v) is 7.31. The molecule has 3 aromatic carbocycles. The van der Waals surface area contributed by atoms with Gasteiger partial charge in [-0.1, -0.05) is 48.2 Å². The average molecular weight is 400 g/mol. The second kappa shape index (κ2) is 7.24. The fourth-order valence-corrected chi connectivity index (χ4v) is 4.10. The normalized spacial score (nSPS) is 12.9. The Kier molecular flexibility index (Phi) is 4.77. The molecular weight excluding hydrogens is 385 g/mol. The number of fused-ring (bicyclic) bond motifs is 2. The lowest BCUT2D eigenvalue weighted by Crippen LogP contribution is -2.37. The molecule has 0 fully saturated rings. The summed E-state index contributed by atoms with van der Waals surface area (Å²) in [7, 11) is 0. The minimum absolute atomic E-state index is 0.00324. The number of halogens is 3. The number of anilines is 2. The molecule has 28 heavy (non-hydrogen) atoms. The van der Waals surface area contributed by atoms with Crippen molar-refractivity contribution in [1.29, 1.82) is 0 Å². The molecule has 4 rings (SSSR count). The summed E-state index contributed by atoms with van der Waals surface area (Å²) < 4.78 is 38.7. The van der Waals surface area contributed by atoms with Crippen molar-refractivity contribution in [2.75, 3.05) is 4.90 Å².